The van der Waals surface area contributed by atoms with Gasteiger partial charge in [-0.2, -0.15) is 0 Å². The Morgan fingerprint density at radius 2 is 2.11 bits per heavy atom. The van der Waals surface area contributed by atoms with E-state index in [4.69, 9.17) is 5.73 Å². The van der Waals surface area contributed by atoms with Gasteiger partial charge in [0.25, 0.3) is 0 Å². The lowest BCUT2D eigenvalue weighted by molar-refractivity contribution is 0.303. The third kappa shape index (κ3) is 4.43. The molecule has 0 spiro atoms. The Bertz CT molecular complexity index is 55.9. The number of nitrogens with zero attached hydrogens (tertiary/aromatic N) is 1. The second kappa shape index (κ2) is 4.77. The molecule has 0 aliphatic rings. The van der Waals surface area contributed by atoms with Crippen molar-refractivity contribution in [2.24, 2.45) is 11.7 Å². The van der Waals surface area contributed by atoms with E-state index in [1.54, 1.807) is 0 Å². The van der Waals surface area contributed by atoms with Gasteiger partial charge in [-0.25, -0.2) is 0 Å². The third-order valence-electron chi connectivity index (χ3n) is 1.57. The maximum atomic E-state index is 5.45. The van der Waals surface area contributed by atoms with E-state index < -0.39 is 0 Å². The topological polar surface area (TPSA) is 29.3 Å². The van der Waals surface area contributed by atoms with Crippen molar-refractivity contribution in [3.63, 3.8) is 0 Å². The Labute approximate surface area is 58.0 Å². The Hall–Kier alpha value is -0.0800. The van der Waals surface area contributed by atoms with Gasteiger partial charge in [0.05, 0.1) is 0 Å². The molecule has 9 heavy (non-hydrogen) atoms. The molecule has 1 atom stereocenters. The van der Waals surface area contributed by atoms with Crippen LogP contribution in [0.25, 0.3) is 0 Å². The van der Waals surface area contributed by atoms with Crippen molar-refractivity contribution in [1.82, 2.24) is 4.90 Å². The Morgan fingerprint density at radius 3 is 2.44 bits per heavy atom. The highest BCUT2D eigenvalue weighted by molar-refractivity contribution is 4.56. The zero-order valence-electron chi connectivity index (χ0n) is 6.72. The Balaban J connectivity index is 3.22. The standard InChI is InChI=1S/C7H18N2/c1-4-9(3)6-7(2)5-8/h7H,4-6,8H2,1-3H3/t7-/m0/s1. The van der Waals surface area contributed by atoms with Crippen molar-refractivity contribution in [3.8, 4) is 0 Å². The molecule has 0 aromatic carbocycles. The molecule has 0 radical (unpaired) electrons. The molecule has 2 nitrogen and oxygen atoms in total. The Morgan fingerprint density at radius 1 is 1.56 bits per heavy atom. The lowest BCUT2D eigenvalue weighted by Gasteiger charge is -2.17. The van der Waals surface area contributed by atoms with Crippen LogP contribution in [0.1, 0.15) is 13.8 Å². The molecule has 0 aliphatic heterocycles. The number of nitrogens with two attached hydrogens (primary N) is 1. The fourth-order valence-electron chi connectivity index (χ4n) is 0.736. The van der Waals surface area contributed by atoms with Crippen molar-refractivity contribution >= 4 is 0 Å². The van der Waals surface area contributed by atoms with Gasteiger partial charge >= 0.3 is 0 Å². The summed E-state index contributed by atoms with van der Waals surface area (Å²) in [4.78, 5) is 2.28. The lowest BCUT2D eigenvalue weighted by Crippen LogP contribution is -2.27. The van der Waals surface area contributed by atoms with Crippen molar-refractivity contribution in [3.05, 3.63) is 0 Å². The molecule has 0 aromatic heterocycles. The van der Waals surface area contributed by atoms with Gasteiger partial charge in [0.15, 0.2) is 0 Å². The predicted octanol–water partition coefficient (Wildman–Crippen LogP) is 0.533. The second-order valence-electron chi connectivity index (χ2n) is 2.70. The molecule has 0 unspecified atom stereocenters. The molecule has 0 aromatic rings. The van der Waals surface area contributed by atoms with Crippen LogP contribution >= 0.6 is 0 Å². The van der Waals surface area contributed by atoms with Gasteiger partial charge < -0.3 is 10.6 Å². The number of hydrogen-bond acceptors (Lipinski definition) is 2. The smallest absolute Gasteiger partial charge is 0.00159 e. The molecule has 2 N–H and O–H groups in total. The molecule has 2 heteroatoms. The first-order chi connectivity index (χ1) is 4.20. The van der Waals surface area contributed by atoms with E-state index in [1.165, 1.54) is 0 Å². The van der Waals surface area contributed by atoms with E-state index in [0.29, 0.717) is 5.92 Å². The van der Waals surface area contributed by atoms with Crippen LogP contribution in [0.4, 0.5) is 0 Å². The zero-order chi connectivity index (χ0) is 7.28. The highest BCUT2D eigenvalue weighted by atomic mass is 15.1. The van der Waals surface area contributed by atoms with Crippen LogP contribution in [0.3, 0.4) is 0 Å². The van der Waals surface area contributed by atoms with Crippen LogP contribution in [0, 0.1) is 5.92 Å². The summed E-state index contributed by atoms with van der Waals surface area (Å²) in [5, 5.41) is 0. The summed E-state index contributed by atoms with van der Waals surface area (Å²) in [6.45, 7) is 7.36. The highest BCUT2D eigenvalue weighted by Gasteiger charge is 2.00. The van der Waals surface area contributed by atoms with Gasteiger partial charge in [-0.3, -0.25) is 0 Å². The van der Waals surface area contributed by atoms with E-state index in [9.17, 15) is 0 Å². The van der Waals surface area contributed by atoms with Crippen LogP contribution in [-0.2, 0) is 0 Å². The van der Waals surface area contributed by atoms with Gasteiger partial charge in [0, 0.05) is 6.54 Å². The molecule has 0 saturated heterocycles. The number of rotatable bonds is 4. The van der Waals surface area contributed by atoms with Gasteiger partial charge in [0.2, 0.25) is 0 Å². The molecule has 0 saturated carbocycles. The van der Waals surface area contributed by atoms with E-state index in [1.807, 2.05) is 0 Å². The fraction of sp³-hybridized carbons (Fsp3) is 1.00. The van der Waals surface area contributed by atoms with Crippen molar-refractivity contribution < 1.29 is 0 Å². The molecular weight excluding hydrogens is 112 g/mol. The first-order valence-corrected chi connectivity index (χ1v) is 3.59. The molecule has 0 amide bonds. The van der Waals surface area contributed by atoms with Gasteiger partial charge in [0.1, 0.15) is 0 Å². The van der Waals surface area contributed by atoms with Gasteiger partial charge in [-0.1, -0.05) is 13.8 Å². The summed E-state index contributed by atoms with van der Waals surface area (Å²) in [7, 11) is 2.12. The quantitative estimate of drug-likeness (QED) is 0.601. The maximum absolute atomic E-state index is 5.45. The molecule has 56 valence electrons. The predicted molar refractivity (Wildman–Crippen MR) is 41.4 cm³/mol. The zero-order valence-corrected chi connectivity index (χ0v) is 6.72. The molecule has 0 bridgehead atoms. The van der Waals surface area contributed by atoms with Crippen LogP contribution < -0.4 is 5.73 Å². The average molecular weight is 130 g/mol. The summed E-state index contributed by atoms with van der Waals surface area (Å²) in [6.07, 6.45) is 0. The maximum Gasteiger partial charge on any atom is 0.00159 e. The minimum Gasteiger partial charge on any atom is -0.330 e. The lowest BCUT2D eigenvalue weighted by atomic mass is 10.2. The normalized spacial score (nSPS) is 14.3. The molecule has 0 aliphatic carbocycles. The van der Waals surface area contributed by atoms with E-state index in [-0.39, 0.29) is 0 Å². The minimum absolute atomic E-state index is 0.634. The first-order valence-electron chi connectivity index (χ1n) is 3.59. The second-order valence-corrected chi connectivity index (χ2v) is 2.70. The van der Waals surface area contributed by atoms with Crippen molar-refractivity contribution in [1.29, 1.82) is 0 Å². The molecular formula is C7H18N2. The summed E-state index contributed by atoms with van der Waals surface area (Å²) in [5.41, 5.74) is 5.45. The highest BCUT2D eigenvalue weighted by Crippen LogP contribution is 1.93. The van der Waals surface area contributed by atoms with Crippen LogP contribution in [0.5, 0.6) is 0 Å². The van der Waals surface area contributed by atoms with Crippen LogP contribution in [0.2, 0.25) is 0 Å². The SMILES string of the molecule is CCN(C)C[C@@H](C)CN. The van der Waals surface area contributed by atoms with Crippen molar-refractivity contribution in [2.45, 2.75) is 13.8 Å². The number of hydrogen-bond donors (Lipinski definition) is 1. The summed E-state index contributed by atoms with van der Waals surface area (Å²) in [5.74, 6) is 0.634. The minimum atomic E-state index is 0.634. The van der Waals surface area contributed by atoms with Gasteiger partial charge in [-0.15, -0.1) is 0 Å². The Kier molecular flexibility index (Phi) is 4.72. The summed E-state index contributed by atoms with van der Waals surface area (Å²) < 4.78 is 0. The fourth-order valence-corrected chi connectivity index (χ4v) is 0.736. The largest absolute Gasteiger partial charge is 0.330 e. The van der Waals surface area contributed by atoms with Crippen molar-refractivity contribution in [2.75, 3.05) is 26.7 Å². The summed E-state index contributed by atoms with van der Waals surface area (Å²) >= 11 is 0. The first kappa shape index (κ1) is 8.92. The van der Waals surface area contributed by atoms with E-state index in [2.05, 4.69) is 25.8 Å². The van der Waals surface area contributed by atoms with E-state index >= 15 is 0 Å². The molecule has 0 heterocycles. The summed E-state index contributed by atoms with van der Waals surface area (Å²) in [6, 6.07) is 0. The van der Waals surface area contributed by atoms with Gasteiger partial charge in [-0.05, 0) is 26.1 Å². The average Bonchev–Trinajstić information content (AvgIpc) is 1.87. The van der Waals surface area contributed by atoms with E-state index in [0.717, 1.165) is 19.6 Å². The monoisotopic (exact) mass is 130 g/mol. The van der Waals surface area contributed by atoms with Crippen LogP contribution in [-0.4, -0.2) is 31.6 Å². The molecule has 0 rings (SSSR count). The third-order valence-corrected chi connectivity index (χ3v) is 1.57. The molecule has 0 fully saturated rings. The van der Waals surface area contributed by atoms with Crippen LogP contribution in [0.15, 0.2) is 0 Å².